The molecule has 0 saturated heterocycles. The Balaban J connectivity index is 3.56. The molecule has 0 N–H and O–H groups in total. The van der Waals surface area contributed by atoms with Crippen LogP contribution >= 0.6 is 0 Å². The van der Waals surface area contributed by atoms with Crippen molar-refractivity contribution in [1.82, 2.24) is 0 Å². The van der Waals surface area contributed by atoms with Crippen molar-refractivity contribution < 1.29 is 0 Å². The lowest BCUT2D eigenvalue weighted by atomic mass is 9.49. The van der Waals surface area contributed by atoms with Gasteiger partial charge in [0.2, 0.25) is 0 Å². The zero-order chi connectivity index (χ0) is 8.41. The van der Waals surface area contributed by atoms with Crippen LogP contribution in [-0.4, -0.2) is 7.28 Å². The average Bonchev–Trinajstić information content (AvgIpc) is 1.57. The molecule has 0 heterocycles. The average molecular weight is 139 g/mol. The van der Waals surface area contributed by atoms with Crippen molar-refractivity contribution in [2.75, 3.05) is 0 Å². The van der Waals surface area contributed by atoms with Gasteiger partial charge < -0.3 is 0 Å². The molecule has 0 aromatic carbocycles. The predicted octanol–water partition coefficient (Wildman–Crippen LogP) is 3.37. The fourth-order valence-electron chi connectivity index (χ4n) is 0.612. The molecular formula is C9H20B. The van der Waals surface area contributed by atoms with Crippen molar-refractivity contribution in [1.29, 1.82) is 0 Å². The van der Waals surface area contributed by atoms with Crippen LogP contribution in [0.4, 0.5) is 0 Å². The molecule has 1 heteroatoms. The largest absolute Gasteiger partial charge is 0.117 e. The van der Waals surface area contributed by atoms with Crippen LogP contribution in [0.25, 0.3) is 0 Å². The van der Waals surface area contributed by atoms with Crippen LogP contribution in [0, 0.1) is 5.41 Å². The Bertz CT molecular complexity index is 78.3. The third-order valence-corrected chi connectivity index (χ3v) is 1.33. The van der Waals surface area contributed by atoms with E-state index in [1.54, 1.807) is 0 Å². The fourth-order valence-corrected chi connectivity index (χ4v) is 0.612. The zero-order valence-electron chi connectivity index (χ0n) is 8.28. The fraction of sp³-hybridized carbons (Fsp3) is 1.00. The van der Waals surface area contributed by atoms with Gasteiger partial charge in [0, 0.05) is 0 Å². The molecule has 0 fully saturated rings. The van der Waals surface area contributed by atoms with Crippen LogP contribution < -0.4 is 0 Å². The van der Waals surface area contributed by atoms with Crippen LogP contribution in [0.2, 0.25) is 11.6 Å². The molecule has 0 bridgehead atoms. The SMILES string of the molecule is CC(C)(C)[B]CC(C)(C)C. The van der Waals surface area contributed by atoms with Gasteiger partial charge in [0.1, 0.15) is 7.28 Å². The summed E-state index contributed by atoms with van der Waals surface area (Å²) in [5, 5.41) is 0.382. The molecule has 0 nitrogen and oxygen atoms in total. The Hall–Kier alpha value is 0.0649. The van der Waals surface area contributed by atoms with Crippen LogP contribution in [-0.2, 0) is 0 Å². The van der Waals surface area contributed by atoms with E-state index in [0.29, 0.717) is 10.7 Å². The molecule has 0 amide bonds. The van der Waals surface area contributed by atoms with Crippen LogP contribution in [0.1, 0.15) is 41.5 Å². The van der Waals surface area contributed by atoms with Crippen molar-refractivity contribution in [2.24, 2.45) is 5.41 Å². The number of rotatable bonds is 1. The summed E-state index contributed by atoms with van der Waals surface area (Å²) in [7, 11) is 2.40. The van der Waals surface area contributed by atoms with E-state index in [1.807, 2.05) is 0 Å². The van der Waals surface area contributed by atoms with Gasteiger partial charge >= 0.3 is 0 Å². The predicted molar refractivity (Wildman–Crippen MR) is 49.7 cm³/mol. The quantitative estimate of drug-likeness (QED) is 0.488. The Labute approximate surface area is 66.6 Å². The zero-order valence-corrected chi connectivity index (χ0v) is 8.28. The number of hydrogen-bond acceptors (Lipinski definition) is 0. The molecule has 0 unspecified atom stereocenters. The summed E-state index contributed by atoms with van der Waals surface area (Å²) in [6.45, 7) is 13.6. The Kier molecular flexibility index (Phi) is 3.00. The maximum atomic E-state index is 2.40. The van der Waals surface area contributed by atoms with Crippen LogP contribution in [0.15, 0.2) is 0 Å². The molecule has 59 valence electrons. The molecule has 0 atom stereocenters. The minimum atomic E-state index is 0.382. The highest BCUT2D eigenvalue weighted by atomic mass is 14.1. The van der Waals surface area contributed by atoms with E-state index < -0.39 is 0 Å². The van der Waals surface area contributed by atoms with E-state index in [0.717, 1.165) is 0 Å². The van der Waals surface area contributed by atoms with Gasteiger partial charge in [-0.2, -0.15) is 0 Å². The van der Waals surface area contributed by atoms with E-state index in [2.05, 4.69) is 48.8 Å². The standard InChI is InChI=1S/C9H20B/c1-8(2,3)7-10-9(4,5)6/h7H2,1-6H3. The topological polar surface area (TPSA) is 0 Å². The molecule has 0 spiro atoms. The summed E-state index contributed by atoms with van der Waals surface area (Å²) in [5.41, 5.74) is 0.452. The van der Waals surface area contributed by atoms with Gasteiger partial charge in [0.25, 0.3) is 0 Å². The monoisotopic (exact) mass is 139 g/mol. The summed E-state index contributed by atoms with van der Waals surface area (Å²) >= 11 is 0. The van der Waals surface area contributed by atoms with E-state index >= 15 is 0 Å². The highest BCUT2D eigenvalue weighted by Gasteiger charge is 2.17. The summed E-state index contributed by atoms with van der Waals surface area (Å²) in [6.07, 6.45) is 1.20. The minimum Gasteiger partial charge on any atom is -0.0749 e. The molecule has 10 heavy (non-hydrogen) atoms. The summed E-state index contributed by atoms with van der Waals surface area (Å²) < 4.78 is 0. The molecule has 0 aliphatic carbocycles. The normalized spacial score (nSPS) is 13.4. The number of hydrogen-bond donors (Lipinski definition) is 0. The van der Waals surface area contributed by atoms with Crippen molar-refractivity contribution in [3.05, 3.63) is 0 Å². The Morgan fingerprint density at radius 3 is 1.40 bits per heavy atom. The first-order chi connectivity index (χ1) is 4.21. The lowest BCUT2D eigenvalue weighted by Gasteiger charge is -2.23. The maximum absolute atomic E-state index is 2.40. The highest BCUT2D eigenvalue weighted by molar-refractivity contribution is 6.39. The second-order valence-corrected chi connectivity index (χ2v) is 5.33. The first-order valence-electron chi connectivity index (χ1n) is 4.05. The lowest BCUT2D eigenvalue weighted by molar-refractivity contribution is 0.461. The molecular weight excluding hydrogens is 119 g/mol. The van der Waals surface area contributed by atoms with Crippen molar-refractivity contribution in [3.8, 4) is 0 Å². The van der Waals surface area contributed by atoms with Gasteiger partial charge in [0.15, 0.2) is 0 Å². The first-order valence-corrected chi connectivity index (χ1v) is 4.05. The molecule has 0 rings (SSSR count). The van der Waals surface area contributed by atoms with Gasteiger partial charge in [-0.1, -0.05) is 53.2 Å². The second kappa shape index (κ2) is 2.98. The van der Waals surface area contributed by atoms with Crippen molar-refractivity contribution in [2.45, 2.75) is 53.2 Å². The summed E-state index contributed by atoms with van der Waals surface area (Å²) in [6, 6.07) is 0. The smallest absolute Gasteiger partial charge is 0.0749 e. The third-order valence-electron chi connectivity index (χ3n) is 1.33. The molecule has 0 saturated carbocycles. The van der Waals surface area contributed by atoms with Crippen molar-refractivity contribution >= 4 is 7.28 Å². The van der Waals surface area contributed by atoms with E-state index in [9.17, 15) is 0 Å². The van der Waals surface area contributed by atoms with Gasteiger partial charge in [-0.15, -0.1) is 0 Å². The molecule has 0 aliphatic heterocycles. The minimum absolute atomic E-state index is 0.382. The van der Waals surface area contributed by atoms with Crippen molar-refractivity contribution in [3.63, 3.8) is 0 Å². The molecule has 0 aromatic heterocycles. The molecule has 0 aromatic rings. The van der Waals surface area contributed by atoms with Gasteiger partial charge in [-0.05, 0) is 5.41 Å². The molecule has 1 radical (unpaired) electrons. The summed E-state index contributed by atoms with van der Waals surface area (Å²) in [4.78, 5) is 0. The van der Waals surface area contributed by atoms with E-state index in [4.69, 9.17) is 0 Å². The van der Waals surface area contributed by atoms with Gasteiger partial charge in [-0.3, -0.25) is 0 Å². The van der Waals surface area contributed by atoms with Gasteiger partial charge in [0.05, 0.1) is 0 Å². The van der Waals surface area contributed by atoms with Gasteiger partial charge in [-0.25, -0.2) is 0 Å². The van der Waals surface area contributed by atoms with E-state index in [-0.39, 0.29) is 0 Å². The first kappa shape index (κ1) is 10.1. The Morgan fingerprint density at radius 2 is 1.30 bits per heavy atom. The summed E-state index contributed by atoms with van der Waals surface area (Å²) in [5.74, 6) is 0. The lowest BCUT2D eigenvalue weighted by Crippen LogP contribution is -2.15. The third kappa shape index (κ3) is 8.06. The highest BCUT2D eigenvalue weighted by Crippen LogP contribution is 2.28. The second-order valence-electron chi connectivity index (χ2n) is 5.33. The molecule has 0 aliphatic rings. The van der Waals surface area contributed by atoms with E-state index in [1.165, 1.54) is 6.32 Å². The maximum Gasteiger partial charge on any atom is 0.117 e. The Morgan fingerprint density at radius 1 is 0.900 bits per heavy atom. The van der Waals surface area contributed by atoms with Crippen LogP contribution in [0.5, 0.6) is 0 Å². The van der Waals surface area contributed by atoms with Crippen LogP contribution in [0.3, 0.4) is 0 Å².